The van der Waals surface area contributed by atoms with Crippen LogP contribution < -0.4 is 0 Å². The summed E-state index contributed by atoms with van der Waals surface area (Å²) in [6.07, 6.45) is 3.18. The molecule has 0 saturated carbocycles. The van der Waals surface area contributed by atoms with E-state index in [-0.39, 0.29) is 6.54 Å². The van der Waals surface area contributed by atoms with E-state index in [0.717, 1.165) is 5.39 Å². The standard InChI is InChI=1S/C9H7ClN2O2/c10-7-4-12(5-8(13)14)9-6(7)2-1-3-11-9/h1-4H,5H2,(H,13,14). The maximum absolute atomic E-state index is 10.5. The molecule has 2 aromatic rings. The van der Waals surface area contributed by atoms with Crippen molar-refractivity contribution in [2.45, 2.75) is 6.54 Å². The SMILES string of the molecule is O=C(O)Cn1cc(Cl)c2cccnc21. The lowest BCUT2D eigenvalue weighted by atomic mass is 10.3. The van der Waals surface area contributed by atoms with Gasteiger partial charge in [-0.2, -0.15) is 0 Å². The number of aromatic nitrogens is 2. The third kappa shape index (κ3) is 1.44. The van der Waals surface area contributed by atoms with E-state index in [0.29, 0.717) is 10.7 Å². The van der Waals surface area contributed by atoms with E-state index in [1.54, 1.807) is 18.5 Å². The zero-order chi connectivity index (χ0) is 10.1. The lowest BCUT2D eigenvalue weighted by Gasteiger charge is -1.98. The number of carboxylic acids is 1. The van der Waals surface area contributed by atoms with Crippen LogP contribution in [-0.2, 0) is 11.3 Å². The molecule has 1 N–H and O–H groups in total. The monoisotopic (exact) mass is 210 g/mol. The minimum absolute atomic E-state index is 0.125. The van der Waals surface area contributed by atoms with E-state index in [2.05, 4.69) is 4.98 Å². The minimum atomic E-state index is -0.913. The quantitative estimate of drug-likeness (QED) is 0.822. The lowest BCUT2D eigenvalue weighted by molar-refractivity contribution is -0.137. The highest BCUT2D eigenvalue weighted by molar-refractivity contribution is 6.35. The molecule has 0 fully saturated rings. The van der Waals surface area contributed by atoms with Crippen molar-refractivity contribution in [1.82, 2.24) is 9.55 Å². The number of halogens is 1. The Morgan fingerprint density at radius 1 is 1.64 bits per heavy atom. The van der Waals surface area contributed by atoms with Gasteiger partial charge in [0.1, 0.15) is 12.2 Å². The highest BCUT2D eigenvalue weighted by Crippen LogP contribution is 2.23. The van der Waals surface area contributed by atoms with Crippen LogP contribution in [0, 0.1) is 0 Å². The molecule has 0 aliphatic heterocycles. The van der Waals surface area contributed by atoms with Crippen molar-refractivity contribution < 1.29 is 9.90 Å². The maximum Gasteiger partial charge on any atom is 0.323 e. The van der Waals surface area contributed by atoms with Crippen molar-refractivity contribution in [3.8, 4) is 0 Å². The highest BCUT2D eigenvalue weighted by atomic mass is 35.5. The number of pyridine rings is 1. The van der Waals surface area contributed by atoms with Crippen LogP contribution in [0.4, 0.5) is 0 Å². The molecular formula is C9H7ClN2O2. The van der Waals surface area contributed by atoms with E-state index in [9.17, 15) is 4.79 Å². The molecule has 0 radical (unpaired) electrons. The van der Waals surface area contributed by atoms with Gasteiger partial charge in [0.25, 0.3) is 0 Å². The highest BCUT2D eigenvalue weighted by Gasteiger charge is 2.09. The lowest BCUT2D eigenvalue weighted by Crippen LogP contribution is -2.07. The van der Waals surface area contributed by atoms with Crippen molar-refractivity contribution in [2.24, 2.45) is 0 Å². The molecule has 0 aromatic carbocycles. The van der Waals surface area contributed by atoms with E-state index < -0.39 is 5.97 Å². The van der Waals surface area contributed by atoms with Crippen LogP contribution in [0.5, 0.6) is 0 Å². The molecule has 5 heteroatoms. The summed E-state index contributed by atoms with van der Waals surface area (Å²) in [5.74, 6) is -0.913. The summed E-state index contributed by atoms with van der Waals surface area (Å²) in [6, 6.07) is 3.57. The van der Waals surface area contributed by atoms with Crippen LogP contribution in [-0.4, -0.2) is 20.6 Å². The number of carboxylic acid groups (broad SMARTS) is 1. The fourth-order valence-corrected chi connectivity index (χ4v) is 1.61. The summed E-state index contributed by atoms with van der Waals surface area (Å²) in [5.41, 5.74) is 0.597. The normalized spacial score (nSPS) is 10.6. The first kappa shape index (κ1) is 9.02. The molecule has 14 heavy (non-hydrogen) atoms. The molecule has 0 spiro atoms. The van der Waals surface area contributed by atoms with Crippen molar-refractivity contribution in [3.63, 3.8) is 0 Å². The Balaban J connectivity index is 2.60. The van der Waals surface area contributed by atoms with Crippen LogP contribution in [0.1, 0.15) is 0 Å². The summed E-state index contributed by atoms with van der Waals surface area (Å²) in [6.45, 7) is -0.125. The number of fused-ring (bicyclic) bond motifs is 1. The summed E-state index contributed by atoms with van der Waals surface area (Å²) in [4.78, 5) is 14.6. The average molecular weight is 211 g/mol. The Bertz CT molecular complexity index is 493. The smallest absolute Gasteiger partial charge is 0.323 e. The minimum Gasteiger partial charge on any atom is -0.480 e. The van der Waals surface area contributed by atoms with E-state index >= 15 is 0 Å². The Hall–Kier alpha value is -1.55. The van der Waals surface area contributed by atoms with E-state index in [4.69, 9.17) is 16.7 Å². The van der Waals surface area contributed by atoms with Gasteiger partial charge >= 0.3 is 5.97 Å². The fourth-order valence-electron chi connectivity index (χ4n) is 1.35. The van der Waals surface area contributed by atoms with E-state index in [1.807, 2.05) is 6.07 Å². The number of nitrogens with zero attached hydrogens (tertiary/aromatic N) is 2. The van der Waals surface area contributed by atoms with Gasteiger partial charge in [0.15, 0.2) is 0 Å². The van der Waals surface area contributed by atoms with Crippen LogP contribution >= 0.6 is 11.6 Å². The average Bonchev–Trinajstić information content (AvgIpc) is 2.44. The summed E-state index contributed by atoms with van der Waals surface area (Å²) in [7, 11) is 0. The zero-order valence-electron chi connectivity index (χ0n) is 7.14. The second kappa shape index (κ2) is 3.31. The number of rotatable bonds is 2. The van der Waals surface area contributed by atoms with Crippen molar-refractivity contribution in [1.29, 1.82) is 0 Å². The Labute approximate surface area is 84.7 Å². The van der Waals surface area contributed by atoms with Gasteiger partial charge in [-0.3, -0.25) is 4.79 Å². The van der Waals surface area contributed by atoms with Gasteiger partial charge in [0, 0.05) is 17.8 Å². The predicted molar refractivity (Wildman–Crippen MR) is 52.4 cm³/mol. The molecule has 72 valence electrons. The third-order valence-corrected chi connectivity index (χ3v) is 2.19. The first-order valence-corrected chi connectivity index (χ1v) is 4.37. The largest absolute Gasteiger partial charge is 0.480 e. The van der Waals surface area contributed by atoms with Crippen LogP contribution in [0.15, 0.2) is 24.5 Å². The second-order valence-electron chi connectivity index (χ2n) is 2.87. The Kier molecular flexibility index (Phi) is 2.13. The molecule has 0 unspecified atom stereocenters. The predicted octanol–water partition coefficient (Wildman–Crippen LogP) is 1.77. The Morgan fingerprint density at radius 2 is 2.43 bits per heavy atom. The molecule has 2 heterocycles. The van der Waals surface area contributed by atoms with Gasteiger partial charge in [0.05, 0.1) is 5.02 Å². The summed E-state index contributed by atoms with van der Waals surface area (Å²) < 4.78 is 1.51. The van der Waals surface area contributed by atoms with Gasteiger partial charge in [0.2, 0.25) is 0 Å². The molecule has 2 rings (SSSR count). The van der Waals surface area contributed by atoms with E-state index in [1.165, 1.54) is 4.57 Å². The van der Waals surface area contributed by atoms with Crippen molar-refractivity contribution in [2.75, 3.05) is 0 Å². The number of aliphatic carboxylic acids is 1. The molecule has 0 aliphatic rings. The number of hydrogen-bond donors (Lipinski definition) is 1. The third-order valence-electron chi connectivity index (χ3n) is 1.89. The van der Waals surface area contributed by atoms with Crippen molar-refractivity contribution >= 4 is 28.6 Å². The molecule has 2 aromatic heterocycles. The first-order chi connectivity index (χ1) is 6.68. The van der Waals surface area contributed by atoms with Crippen LogP contribution in [0.3, 0.4) is 0 Å². The first-order valence-electron chi connectivity index (χ1n) is 3.99. The van der Waals surface area contributed by atoms with Crippen molar-refractivity contribution in [3.05, 3.63) is 29.5 Å². The van der Waals surface area contributed by atoms with Gasteiger partial charge in [-0.15, -0.1) is 0 Å². The molecular weight excluding hydrogens is 204 g/mol. The summed E-state index contributed by atoms with van der Waals surface area (Å²) >= 11 is 5.91. The van der Waals surface area contributed by atoms with Gasteiger partial charge in [-0.05, 0) is 12.1 Å². The van der Waals surface area contributed by atoms with Gasteiger partial charge in [-0.1, -0.05) is 11.6 Å². The summed E-state index contributed by atoms with van der Waals surface area (Å²) in [5, 5.41) is 9.94. The molecule has 0 saturated heterocycles. The molecule has 0 bridgehead atoms. The number of hydrogen-bond acceptors (Lipinski definition) is 2. The Morgan fingerprint density at radius 3 is 3.14 bits per heavy atom. The fraction of sp³-hybridized carbons (Fsp3) is 0.111. The maximum atomic E-state index is 10.5. The molecule has 0 atom stereocenters. The topological polar surface area (TPSA) is 55.1 Å². The van der Waals surface area contributed by atoms with Gasteiger partial charge in [-0.25, -0.2) is 4.98 Å². The second-order valence-corrected chi connectivity index (χ2v) is 3.28. The zero-order valence-corrected chi connectivity index (χ0v) is 7.90. The molecule has 0 amide bonds. The molecule has 0 aliphatic carbocycles. The molecule has 4 nitrogen and oxygen atoms in total. The van der Waals surface area contributed by atoms with Crippen LogP contribution in [0.25, 0.3) is 11.0 Å². The number of carbonyl (C=O) groups is 1. The van der Waals surface area contributed by atoms with Gasteiger partial charge < -0.3 is 9.67 Å². The van der Waals surface area contributed by atoms with Crippen LogP contribution in [0.2, 0.25) is 5.02 Å².